The van der Waals surface area contributed by atoms with E-state index in [2.05, 4.69) is 41.5 Å². The molecule has 0 bridgehead atoms. The molecule has 0 radical (unpaired) electrons. The van der Waals surface area contributed by atoms with Crippen LogP contribution in [-0.2, 0) is 4.74 Å². The van der Waals surface area contributed by atoms with E-state index in [-0.39, 0.29) is 12.1 Å². The zero-order valence-corrected chi connectivity index (χ0v) is 21.9. The van der Waals surface area contributed by atoms with Gasteiger partial charge in [-0.15, -0.1) is 0 Å². The minimum atomic E-state index is -0.578. The summed E-state index contributed by atoms with van der Waals surface area (Å²) in [7, 11) is 0. The molecular weight excluding hydrogens is 396 g/mol. The van der Waals surface area contributed by atoms with Crippen molar-refractivity contribution < 1.29 is 14.6 Å². The number of esters is 1. The van der Waals surface area contributed by atoms with Crippen molar-refractivity contribution >= 4 is 5.97 Å². The molecule has 3 unspecified atom stereocenters. The van der Waals surface area contributed by atoms with Gasteiger partial charge in [0, 0.05) is 0 Å². The summed E-state index contributed by atoms with van der Waals surface area (Å²) in [4.78, 5) is 12.5. The van der Waals surface area contributed by atoms with Crippen LogP contribution in [0.2, 0.25) is 0 Å². The second-order valence-corrected chi connectivity index (χ2v) is 10.5. The topological polar surface area (TPSA) is 46.5 Å². The highest BCUT2D eigenvalue weighted by Gasteiger charge is 2.28. The Bertz CT molecular complexity index is 625. The second kappa shape index (κ2) is 14.7. The molecular formula is C29H50O3. The molecule has 0 saturated heterocycles. The zero-order chi connectivity index (χ0) is 24.1. The Labute approximate surface area is 198 Å². The van der Waals surface area contributed by atoms with Gasteiger partial charge in [-0.2, -0.15) is 0 Å². The first-order chi connectivity index (χ1) is 15.1. The van der Waals surface area contributed by atoms with Crippen LogP contribution in [0.4, 0.5) is 0 Å². The Morgan fingerprint density at radius 2 is 1.50 bits per heavy atom. The van der Waals surface area contributed by atoms with E-state index in [4.69, 9.17) is 4.74 Å². The van der Waals surface area contributed by atoms with Crippen LogP contribution in [-0.4, -0.2) is 22.8 Å². The lowest BCUT2D eigenvalue weighted by Gasteiger charge is -2.33. The van der Waals surface area contributed by atoms with E-state index in [1.54, 1.807) is 0 Å². The van der Waals surface area contributed by atoms with Gasteiger partial charge in [0.1, 0.15) is 6.10 Å². The van der Waals surface area contributed by atoms with E-state index in [0.29, 0.717) is 23.3 Å². The van der Waals surface area contributed by atoms with Crippen LogP contribution in [0.3, 0.4) is 0 Å². The molecule has 0 aliphatic rings. The number of carbonyl (C=O) groups excluding carboxylic acids is 1. The van der Waals surface area contributed by atoms with Crippen LogP contribution >= 0.6 is 0 Å². The molecule has 184 valence electrons. The Morgan fingerprint density at radius 3 is 2.03 bits per heavy atom. The molecule has 3 heteroatoms. The minimum Gasteiger partial charge on any atom is -0.459 e. The van der Waals surface area contributed by atoms with Crippen LogP contribution in [0.5, 0.6) is 0 Å². The second-order valence-electron chi connectivity index (χ2n) is 10.5. The fraction of sp³-hybridized carbons (Fsp3) is 0.759. The van der Waals surface area contributed by atoms with E-state index < -0.39 is 5.60 Å². The lowest BCUT2D eigenvalue weighted by Crippen LogP contribution is -2.28. The highest BCUT2D eigenvalue weighted by atomic mass is 16.5. The molecule has 0 aliphatic carbocycles. The van der Waals surface area contributed by atoms with Crippen LogP contribution in [0.15, 0.2) is 30.3 Å². The summed E-state index contributed by atoms with van der Waals surface area (Å²) >= 11 is 0. The summed E-state index contributed by atoms with van der Waals surface area (Å²) in [6, 6.07) is 9.28. The van der Waals surface area contributed by atoms with Gasteiger partial charge in [-0.3, -0.25) is 0 Å². The lowest BCUT2D eigenvalue weighted by atomic mass is 9.74. The van der Waals surface area contributed by atoms with Crippen molar-refractivity contribution in [1.29, 1.82) is 0 Å². The molecule has 6 atom stereocenters. The van der Waals surface area contributed by atoms with Crippen molar-refractivity contribution in [3.05, 3.63) is 35.9 Å². The van der Waals surface area contributed by atoms with Gasteiger partial charge in [0.2, 0.25) is 0 Å². The van der Waals surface area contributed by atoms with Gasteiger partial charge in [0.15, 0.2) is 0 Å². The molecule has 0 aromatic heterocycles. The van der Waals surface area contributed by atoms with Gasteiger partial charge in [0.25, 0.3) is 0 Å². The van der Waals surface area contributed by atoms with Crippen molar-refractivity contribution in [2.75, 3.05) is 0 Å². The number of carbonyl (C=O) groups is 1. The molecule has 0 saturated carbocycles. The first kappa shape index (κ1) is 28.7. The number of ether oxygens (including phenoxy) is 1. The SMILES string of the molecule is CCC(C)CCC(C)[C@H](CCC(C)(O)CC)[C@H](C)CC[C@H](CC)OC(=O)c1ccccc1. The largest absolute Gasteiger partial charge is 0.459 e. The maximum Gasteiger partial charge on any atom is 0.338 e. The Morgan fingerprint density at radius 1 is 0.906 bits per heavy atom. The average molecular weight is 447 g/mol. The lowest BCUT2D eigenvalue weighted by molar-refractivity contribution is 0.0211. The third-order valence-corrected chi connectivity index (χ3v) is 7.73. The summed E-state index contributed by atoms with van der Waals surface area (Å²) in [5, 5.41) is 10.6. The van der Waals surface area contributed by atoms with E-state index in [9.17, 15) is 9.90 Å². The Kier molecular flexibility index (Phi) is 13.2. The highest BCUT2D eigenvalue weighted by Crippen LogP contribution is 2.35. The monoisotopic (exact) mass is 446 g/mol. The first-order valence-electron chi connectivity index (χ1n) is 13.1. The Hall–Kier alpha value is -1.35. The van der Waals surface area contributed by atoms with Gasteiger partial charge in [0.05, 0.1) is 11.2 Å². The summed E-state index contributed by atoms with van der Waals surface area (Å²) in [5.41, 5.74) is 0.0447. The molecule has 3 nitrogen and oxygen atoms in total. The maximum atomic E-state index is 12.5. The minimum absolute atomic E-state index is 0.0417. The number of hydrogen-bond donors (Lipinski definition) is 1. The van der Waals surface area contributed by atoms with Gasteiger partial charge in [-0.05, 0) is 81.3 Å². The Balaban J connectivity index is 2.72. The molecule has 1 aromatic carbocycles. The molecule has 0 heterocycles. The van der Waals surface area contributed by atoms with Crippen molar-refractivity contribution in [2.45, 2.75) is 118 Å². The van der Waals surface area contributed by atoms with Crippen molar-refractivity contribution in [3.63, 3.8) is 0 Å². The number of rotatable bonds is 16. The van der Waals surface area contributed by atoms with Crippen LogP contribution in [0.1, 0.15) is 117 Å². The van der Waals surface area contributed by atoms with E-state index in [1.807, 2.05) is 37.3 Å². The standard InChI is InChI=1S/C29H50O3/c1-8-22(4)16-17-23(5)27(20-21-29(7,31)10-3)24(6)18-19-26(9-2)32-28(30)25-14-12-11-13-15-25/h11-15,22-24,26-27,31H,8-10,16-21H2,1-7H3/t22?,23?,24-,26+,27+,29?/m1/s1. The fourth-order valence-corrected chi connectivity index (χ4v) is 4.55. The first-order valence-corrected chi connectivity index (χ1v) is 13.1. The van der Waals surface area contributed by atoms with Crippen molar-refractivity contribution in [1.82, 2.24) is 0 Å². The van der Waals surface area contributed by atoms with E-state index in [1.165, 1.54) is 19.3 Å². The smallest absolute Gasteiger partial charge is 0.338 e. The third-order valence-electron chi connectivity index (χ3n) is 7.73. The fourth-order valence-electron chi connectivity index (χ4n) is 4.55. The molecule has 32 heavy (non-hydrogen) atoms. The molecule has 1 aromatic rings. The number of hydrogen-bond acceptors (Lipinski definition) is 3. The average Bonchev–Trinajstić information content (AvgIpc) is 2.80. The predicted octanol–water partition coefficient (Wildman–Crippen LogP) is 8.06. The predicted molar refractivity (Wildman–Crippen MR) is 136 cm³/mol. The van der Waals surface area contributed by atoms with E-state index in [0.717, 1.165) is 44.4 Å². The van der Waals surface area contributed by atoms with Gasteiger partial charge < -0.3 is 9.84 Å². The summed E-state index contributed by atoms with van der Waals surface area (Å²) < 4.78 is 5.82. The van der Waals surface area contributed by atoms with Crippen LogP contribution in [0.25, 0.3) is 0 Å². The molecule has 0 aliphatic heterocycles. The number of benzene rings is 1. The molecule has 1 N–H and O–H groups in total. The summed E-state index contributed by atoms with van der Waals surface area (Å²) in [5.74, 6) is 2.31. The number of aliphatic hydroxyl groups is 1. The summed E-state index contributed by atoms with van der Waals surface area (Å²) in [6.07, 6.45) is 9.21. The quantitative estimate of drug-likeness (QED) is 0.261. The van der Waals surface area contributed by atoms with Gasteiger partial charge >= 0.3 is 5.97 Å². The zero-order valence-electron chi connectivity index (χ0n) is 21.9. The maximum absolute atomic E-state index is 12.5. The van der Waals surface area contributed by atoms with Crippen LogP contribution < -0.4 is 0 Å². The van der Waals surface area contributed by atoms with Crippen molar-refractivity contribution in [3.8, 4) is 0 Å². The van der Waals surface area contributed by atoms with Crippen LogP contribution in [0, 0.1) is 23.7 Å². The normalized spacial score (nSPS) is 18.2. The van der Waals surface area contributed by atoms with Gasteiger partial charge in [-0.25, -0.2) is 4.79 Å². The highest BCUT2D eigenvalue weighted by molar-refractivity contribution is 5.89. The molecule has 1 rings (SSSR count). The molecule has 0 spiro atoms. The third kappa shape index (κ3) is 10.5. The van der Waals surface area contributed by atoms with Gasteiger partial charge in [-0.1, -0.05) is 79.0 Å². The molecule has 0 fully saturated rings. The molecule has 0 amide bonds. The summed E-state index contributed by atoms with van der Waals surface area (Å²) in [6.45, 7) is 15.5. The van der Waals surface area contributed by atoms with E-state index >= 15 is 0 Å². The van der Waals surface area contributed by atoms with Crippen molar-refractivity contribution in [2.24, 2.45) is 23.7 Å².